The molecule has 0 unspecified atom stereocenters. The van der Waals surface area contributed by atoms with E-state index in [1.165, 1.54) is 28.9 Å². The fraction of sp³-hybridized carbons (Fsp3) is 0.190. The fourth-order valence-electron chi connectivity index (χ4n) is 3.41. The highest BCUT2D eigenvalue weighted by atomic mass is 19.1. The van der Waals surface area contributed by atoms with Crippen molar-refractivity contribution in [1.82, 2.24) is 25.4 Å². The summed E-state index contributed by atoms with van der Waals surface area (Å²) in [7, 11) is 0. The van der Waals surface area contributed by atoms with Gasteiger partial charge in [0.15, 0.2) is 0 Å². The first kappa shape index (κ1) is 19.3. The van der Waals surface area contributed by atoms with Crippen molar-refractivity contribution in [2.45, 2.75) is 19.9 Å². The van der Waals surface area contributed by atoms with Gasteiger partial charge in [-0.1, -0.05) is 6.07 Å². The molecule has 0 aliphatic carbocycles. The number of likely N-dealkylation sites (N-methyl/N-ethyl adjacent to an activating group) is 1. The lowest BCUT2D eigenvalue weighted by molar-refractivity contribution is -0.120. The van der Waals surface area contributed by atoms with E-state index in [1.54, 1.807) is 12.3 Å². The van der Waals surface area contributed by atoms with Crippen LogP contribution in [0, 0.1) is 17.1 Å². The van der Waals surface area contributed by atoms with Gasteiger partial charge in [-0.05, 0) is 31.2 Å². The molecule has 0 fully saturated rings. The van der Waals surface area contributed by atoms with Crippen molar-refractivity contribution in [1.29, 1.82) is 5.26 Å². The Morgan fingerprint density at radius 2 is 2.20 bits per heavy atom. The normalized spacial score (nSPS) is 12.2. The number of rotatable bonds is 5. The van der Waals surface area contributed by atoms with Gasteiger partial charge in [-0.25, -0.2) is 14.1 Å². The quantitative estimate of drug-likeness (QED) is 0.674. The Morgan fingerprint density at radius 3 is 2.97 bits per heavy atom. The van der Waals surface area contributed by atoms with E-state index in [0.717, 1.165) is 0 Å². The maximum Gasteiger partial charge on any atom is 0.255 e. The number of nitrogens with one attached hydrogen (secondary N) is 2. The standard InChI is InChI=1S/C21H17FN6O2/c1-2-24-18(29)8-13-6-7-28(27-13)17-9-15(26-16-11-25-21(30)20(16)17)19-12(10-23)4-3-5-14(19)22/h3-7,9H,2,8,11H2,1H3,(H,24,29)(H,25,30). The average molecular weight is 404 g/mol. The van der Waals surface area contributed by atoms with Crippen LogP contribution in [0.2, 0.25) is 0 Å². The molecule has 9 heteroatoms. The van der Waals surface area contributed by atoms with Gasteiger partial charge in [0, 0.05) is 12.7 Å². The molecule has 1 aliphatic rings. The van der Waals surface area contributed by atoms with Crippen molar-refractivity contribution in [2.24, 2.45) is 0 Å². The number of fused-ring (bicyclic) bond motifs is 1. The molecule has 8 nitrogen and oxygen atoms in total. The number of carbonyl (C=O) groups excluding carboxylic acids is 2. The minimum Gasteiger partial charge on any atom is -0.356 e. The maximum atomic E-state index is 14.6. The predicted octanol–water partition coefficient (Wildman–Crippen LogP) is 1.87. The third-order valence-electron chi connectivity index (χ3n) is 4.71. The predicted molar refractivity (Wildman–Crippen MR) is 105 cm³/mol. The molecule has 4 rings (SSSR count). The van der Waals surface area contributed by atoms with Gasteiger partial charge in [0.25, 0.3) is 5.91 Å². The molecule has 2 amide bonds. The molecular formula is C21H17FN6O2. The maximum absolute atomic E-state index is 14.6. The monoisotopic (exact) mass is 404 g/mol. The molecule has 2 aromatic heterocycles. The van der Waals surface area contributed by atoms with Gasteiger partial charge in [0.05, 0.1) is 58.5 Å². The van der Waals surface area contributed by atoms with Crippen LogP contribution in [-0.4, -0.2) is 33.1 Å². The molecule has 3 aromatic rings. The zero-order chi connectivity index (χ0) is 21.3. The number of nitriles is 1. The molecule has 1 aliphatic heterocycles. The van der Waals surface area contributed by atoms with Crippen molar-refractivity contribution >= 4 is 11.8 Å². The van der Waals surface area contributed by atoms with Gasteiger partial charge < -0.3 is 10.6 Å². The van der Waals surface area contributed by atoms with Gasteiger partial charge in [0.1, 0.15) is 5.82 Å². The first-order valence-electron chi connectivity index (χ1n) is 9.34. The number of hydrogen-bond acceptors (Lipinski definition) is 5. The third kappa shape index (κ3) is 3.39. The van der Waals surface area contributed by atoms with Gasteiger partial charge in [0.2, 0.25) is 5.91 Å². The summed E-state index contributed by atoms with van der Waals surface area (Å²) in [6.07, 6.45) is 1.73. The van der Waals surface area contributed by atoms with Crippen LogP contribution in [0.1, 0.15) is 34.2 Å². The molecule has 0 saturated carbocycles. The lowest BCUT2D eigenvalue weighted by atomic mass is 10.0. The van der Waals surface area contributed by atoms with Crippen molar-refractivity contribution in [2.75, 3.05) is 6.54 Å². The van der Waals surface area contributed by atoms with Crippen molar-refractivity contribution in [3.8, 4) is 23.0 Å². The van der Waals surface area contributed by atoms with Gasteiger partial charge in [-0.3, -0.25) is 9.59 Å². The molecule has 0 spiro atoms. The van der Waals surface area contributed by atoms with E-state index in [-0.39, 0.29) is 41.6 Å². The number of hydrogen-bond donors (Lipinski definition) is 2. The van der Waals surface area contributed by atoms with Crippen LogP contribution in [0.3, 0.4) is 0 Å². The third-order valence-corrected chi connectivity index (χ3v) is 4.71. The first-order chi connectivity index (χ1) is 14.5. The molecule has 3 heterocycles. The summed E-state index contributed by atoms with van der Waals surface area (Å²) in [5, 5.41) is 19.2. The number of nitrogens with zero attached hydrogens (tertiary/aromatic N) is 4. The summed E-state index contributed by atoms with van der Waals surface area (Å²) in [5.74, 6) is -1.05. The molecule has 30 heavy (non-hydrogen) atoms. The minimum atomic E-state index is -0.581. The van der Waals surface area contributed by atoms with E-state index >= 15 is 0 Å². The molecule has 0 bridgehead atoms. The van der Waals surface area contributed by atoms with E-state index in [0.29, 0.717) is 29.2 Å². The molecule has 1 aromatic carbocycles. The van der Waals surface area contributed by atoms with Crippen LogP contribution in [0.5, 0.6) is 0 Å². The zero-order valence-corrected chi connectivity index (χ0v) is 16.1. The van der Waals surface area contributed by atoms with E-state index in [2.05, 4.69) is 20.7 Å². The Hall–Kier alpha value is -4.06. The lowest BCUT2D eigenvalue weighted by Crippen LogP contribution is -2.24. The molecule has 150 valence electrons. The summed E-state index contributed by atoms with van der Waals surface area (Å²) in [6.45, 7) is 2.54. The second-order valence-electron chi connectivity index (χ2n) is 6.69. The Morgan fingerprint density at radius 1 is 1.37 bits per heavy atom. The second kappa shape index (κ2) is 7.75. The van der Waals surface area contributed by atoms with E-state index < -0.39 is 5.82 Å². The Labute approximate surface area is 171 Å². The largest absolute Gasteiger partial charge is 0.356 e. The van der Waals surface area contributed by atoms with Crippen molar-refractivity contribution in [3.63, 3.8) is 0 Å². The number of pyridine rings is 1. The summed E-state index contributed by atoms with van der Waals surface area (Å²) in [4.78, 5) is 28.7. The average Bonchev–Trinajstić information content (AvgIpc) is 3.34. The highest BCUT2D eigenvalue weighted by Crippen LogP contribution is 2.31. The molecular weight excluding hydrogens is 387 g/mol. The Balaban J connectivity index is 1.84. The fourth-order valence-corrected chi connectivity index (χ4v) is 3.41. The molecule has 2 N–H and O–H groups in total. The van der Waals surface area contributed by atoms with Gasteiger partial charge >= 0.3 is 0 Å². The van der Waals surface area contributed by atoms with E-state index in [4.69, 9.17) is 0 Å². The number of halogens is 1. The van der Waals surface area contributed by atoms with Crippen LogP contribution in [0.25, 0.3) is 16.9 Å². The van der Waals surface area contributed by atoms with E-state index in [9.17, 15) is 19.2 Å². The molecule has 0 saturated heterocycles. The SMILES string of the molecule is CCNC(=O)Cc1ccn(-c2cc(-c3c(F)cccc3C#N)nc3c2C(=O)NC3)n1. The van der Waals surface area contributed by atoms with Crippen LogP contribution in [0.4, 0.5) is 4.39 Å². The van der Waals surface area contributed by atoms with Crippen LogP contribution in [-0.2, 0) is 17.8 Å². The smallest absolute Gasteiger partial charge is 0.255 e. The lowest BCUT2D eigenvalue weighted by Gasteiger charge is -2.11. The zero-order valence-electron chi connectivity index (χ0n) is 16.1. The summed E-state index contributed by atoms with van der Waals surface area (Å²) in [6, 6.07) is 9.41. The van der Waals surface area contributed by atoms with Crippen LogP contribution >= 0.6 is 0 Å². The number of aromatic nitrogens is 3. The minimum absolute atomic E-state index is 0.0677. The number of amides is 2. The summed E-state index contributed by atoms with van der Waals surface area (Å²) >= 11 is 0. The van der Waals surface area contributed by atoms with Crippen LogP contribution < -0.4 is 10.6 Å². The number of benzene rings is 1. The van der Waals surface area contributed by atoms with Crippen molar-refractivity contribution in [3.05, 3.63) is 64.9 Å². The van der Waals surface area contributed by atoms with Gasteiger partial charge in [-0.15, -0.1) is 0 Å². The van der Waals surface area contributed by atoms with Crippen LogP contribution in [0.15, 0.2) is 36.5 Å². The second-order valence-corrected chi connectivity index (χ2v) is 6.69. The first-order valence-corrected chi connectivity index (χ1v) is 9.34. The highest BCUT2D eigenvalue weighted by molar-refractivity contribution is 6.01. The Bertz CT molecular complexity index is 1210. The van der Waals surface area contributed by atoms with Gasteiger partial charge in [-0.2, -0.15) is 10.4 Å². The topological polar surface area (TPSA) is 113 Å². The number of carbonyl (C=O) groups is 2. The summed E-state index contributed by atoms with van der Waals surface area (Å²) in [5.41, 5.74) is 2.15. The highest BCUT2D eigenvalue weighted by Gasteiger charge is 2.28. The van der Waals surface area contributed by atoms with E-state index in [1.807, 2.05) is 13.0 Å². The molecule has 0 radical (unpaired) electrons. The van der Waals surface area contributed by atoms with Crippen molar-refractivity contribution < 1.29 is 14.0 Å². The molecule has 0 atom stereocenters. The summed E-state index contributed by atoms with van der Waals surface area (Å²) < 4.78 is 16.0. The Kier molecular flexibility index (Phi) is 4.98.